The first-order valence-corrected chi connectivity index (χ1v) is 9.34. The molecule has 0 atom stereocenters. The van der Waals surface area contributed by atoms with Crippen LogP contribution in [0.4, 0.5) is 0 Å². The molecule has 5 nitrogen and oxygen atoms in total. The Morgan fingerprint density at radius 3 is 2.38 bits per heavy atom. The first kappa shape index (κ1) is 15.6. The minimum absolute atomic E-state index is 0.0814. The number of carbonyl (C=O) groups is 1. The number of hydrogen-bond acceptors (Lipinski definition) is 3. The monoisotopic (exact) mass is 346 g/mol. The second-order valence-electron chi connectivity index (χ2n) is 7.25. The Hall–Kier alpha value is -2.66. The molecule has 5 heteroatoms. The van der Waals surface area contributed by atoms with Crippen molar-refractivity contribution in [2.75, 3.05) is 13.1 Å². The van der Waals surface area contributed by atoms with E-state index in [1.54, 1.807) is 0 Å². The quantitative estimate of drug-likeness (QED) is 0.732. The number of aromatic nitrogens is 2. The number of fused-ring (bicyclic) bond motifs is 2. The first-order chi connectivity index (χ1) is 12.8. The van der Waals surface area contributed by atoms with E-state index in [0.717, 1.165) is 56.9 Å². The number of carbonyl (C=O) groups excluding carboxylic acids is 1. The highest BCUT2D eigenvalue weighted by Gasteiger charge is 2.28. The summed E-state index contributed by atoms with van der Waals surface area (Å²) in [5.41, 5.74) is 5.24. The van der Waals surface area contributed by atoms with E-state index >= 15 is 0 Å². The number of likely N-dealkylation sites (tertiary alicyclic amines) is 1. The third-order valence-electron chi connectivity index (χ3n) is 5.50. The Morgan fingerprint density at radius 2 is 1.65 bits per heavy atom. The van der Waals surface area contributed by atoms with Crippen molar-refractivity contribution < 1.29 is 4.79 Å². The average Bonchev–Trinajstić information content (AvgIpc) is 3.40. The lowest BCUT2D eigenvalue weighted by Crippen LogP contribution is -2.29. The van der Waals surface area contributed by atoms with E-state index in [9.17, 15) is 4.79 Å². The van der Waals surface area contributed by atoms with Crippen LogP contribution in [-0.2, 0) is 19.6 Å². The summed E-state index contributed by atoms with van der Waals surface area (Å²) >= 11 is 0. The zero-order valence-electron chi connectivity index (χ0n) is 14.8. The highest BCUT2D eigenvalue weighted by atomic mass is 16.2. The van der Waals surface area contributed by atoms with E-state index in [0.29, 0.717) is 5.69 Å². The molecule has 2 aliphatic rings. The predicted molar refractivity (Wildman–Crippen MR) is 99.7 cm³/mol. The molecular weight excluding hydrogens is 324 g/mol. The van der Waals surface area contributed by atoms with Gasteiger partial charge < -0.3 is 9.30 Å². The second kappa shape index (κ2) is 6.25. The number of imidazole rings is 1. The lowest BCUT2D eigenvalue weighted by Gasteiger charge is -2.18. The van der Waals surface area contributed by atoms with Crippen LogP contribution in [-0.4, -0.2) is 38.2 Å². The zero-order valence-corrected chi connectivity index (χ0v) is 14.8. The van der Waals surface area contributed by atoms with Gasteiger partial charge in [-0.1, -0.05) is 30.3 Å². The zero-order chi connectivity index (χ0) is 17.5. The van der Waals surface area contributed by atoms with Crippen LogP contribution in [0.3, 0.4) is 0 Å². The number of pyridine rings is 1. The van der Waals surface area contributed by atoms with E-state index in [-0.39, 0.29) is 5.91 Å². The van der Waals surface area contributed by atoms with Gasteiger partial charge in [-0.05, 0) is 36.1 Å². The number of benzene rings is 1. The molecule has 2 aliphatic heterocycles. The van der Waals surface area contributed by atoms with Gasteiger partial charge in [0.15, 0.2) is 5.69 Å². The van der Waals surface area contributed by atoms with Crippen molar-refractivity contribution in [2.45, 2.75) is 32.5 Å². The van der Waals surface area contributed by atoms with Crippen molar-refractivity contribution in [3.05, 3.63) is 71.2 Å². The smallest absolute Gasteiger partial charge is 0.274 e. The van der Waals surface area contributed by atoms with Crippen LogP contribution >= 0.6 is 0 Å². The molecule has 1 amide bonds. The fourth-order valence-corrected chi connectivity index (χ4v) is 4.17. The minimum Gasteiger partial charge on any atom is -0.337 e. The minimum atomic E-state index is 0.0814. The van der Waals surface area contributed by atoms with Gasteiger partial charge in [-0.25, -0.2) is 4.98 Å². The standard InChI is InChI=1S/C21H22N4O/c26-21(24-10-5-6-11-24)20-18(25-12-4-3-9-19(25)22-20)15-23-13-16-7-1-2-8-17(16)14-23/h1-4,7-9,12H,5-6,10-11,13-15H2. The van der Waals surface area contributed by atoms with Gasteiger partial charge in [-0.15, -0.1) is 0 Å². The van der Waals surface area contributed by atoms with E-state index < -0.39 is 0 Å². The molecule has 1 aromatic carbocycles. The molecule has 2 aromatic heterocycles. The Labute approximate surface area is 152 Å². The topological polar surface area (TPSA) is 40.9 Å². The van der Waals surface area contributed by atoms with E-state index in [4.69, 9.17) is 4.98 Å². The fourth-order valence-electron chi connectivity index (χ4n) is 4.17. The maximum absolute atomic E-state index is 13.1. The van der Waals surface area contributed by atoms with Crippen LogP contribution in [0.1, 0.15) is 40.2 Å². The van der Waals surface area contributed by atoms with Crippen LogP contribution in [0.2, 0.25) is 0 Å². The maximum atomic E-state index is 13.1. The van der Waals surface area contributed by atoms with E-state index in [1.807, 2.05) is 29.3 Å². The summed E-state index contributed by atoms with van der Waals surface area (Å²) < 4.78 is 2.08. The van der Waals surface area contributed by atoms with Crippen molar-refractivity contribution in [3.63, 3.8) is 0 Å². The van der Waals surface area contributed by atoms with Gasteiger partial charge in [0.1, 0.15) is 5.65 Å². The van der Waals surface area contributed by atoms with Crippen LogP contribution in [0.15, 0.2) is 48.7 Å². The lowest BCUT2D eigenvalue weighted by atomic mass is 10.1. The molecule has 0 unspecified atom stereocenters. The third-order valence-corrected chi connectivity index (χ3v) is 5.50. The maximum Gasteiger partial charge on any atom is 0.274 e. The largest absolute Gasteiger partial charge is 0.337 e. The highest BCUT2D eigenvalue weighted by molar-refractivity contribution is 5.94. The van der Waals surface area contributed by atoms with E-state index in [1.165, 1.54) is 11.1 Å². The lowest BCUT2D eigenvalue weighted by molar-refractivity contribution is 0.0785. The Kier molecular flexibility index (Phi) is 3.75. The van der Waals surface area contributed by atoms with Crippen molar-refractivity contribution in [1.29, 1.82) is 0 Å². The molecule has 26 heavy (non-hydrogen) atoms. The Balaban J connectivity index is 1.50. The molecular formula is C21H22N4O. The van der Waals surface area contributed by atoms with Gasteiger partial charge in [0.05, 0.1) is 5.69 Å². The number of rotatable bonds is 3. The van der Waals surface area contributed by atoms with Gasteiger partial charge >= 0.3 is 0 Å². The molecule has 0 saturated carbocycles. The number of hydrogen-bond donors (Lipinski definition) is 0. The van der Waals surface area contributed by atoms with Gasteiger partial charge in [-0.3, -0.25) is 9.69 Å². The van der Waals surface area contributed by atoms with Crippen molar-refractivity contribution in [1.82, 2.24) is 19.2 Å². The van der Waals surface area contributed by atoms with Crippen molar-refractivity contribution in [3.8, 4) is 0 Å². The summed E-state index contributed by atoms with van der Waals surface area (Å²) in [6, 6.07) is 14.5. The molecule has 1 saturated heterocycles. The number of amides is 1. The molecule has 0 aliphatic carbocycles. The molecule has 5 rings (SSSR count). The average molecular weight is 346 g/mol. The molecule has 0 spiro atoms. The Bertz CT molecular complexity index is 946. The van der Waals surface area contributed by atoms with Gasteiger partial charge in [-0.2, -0.15) is 0 Å². The summed E-state index contributed by atoms with van der Waals surface area (Å²) in [7, 11) is 0. The van der Waals surface area contributed by atoms with Crippen LogP contribution in [0.5, 0.6) is 0 Å². The molecule has 1 fully saturated rings. The summed E-state index contributed by atoms with van der Waals surface area (Å²) in [6.07, 6.45) is 4.20. The molecule has 0 radical (unpaired) electrons. The Morgan fingerprint density at radius 1 is 0.962 bits per heavy atom. The van der Waals surface area contributed by atoms with Gasteiger partial charge in [0.25, 0.3) is 5.91 Å². The molecule has 4 heterocycles. The third kappa shape index (κ3) is 2.59. The SMILES string of the molecule is O=C(c1nc2ccccn2c1CN1Cc2ccccc2C1)N1CCCC1. The number of nitrogens with zero attached hydrogens (tertiary/aromatic N) is 4. The van der Waals surface area contributed by atoms with Crippen LogP contribution in [0.25, 0.3) is 5.65 Å². The van der Waals surface area contributed by atoms with Crippen molar-refractivity contribution >= 4 is 11.6 Å². The normalized spacial score (nSPS) is 17.2. The van der Waals surface area contributed by atoms with Gasteiger partial charge in [0, 0.05) is 38.9 Å². The summed E-state index contributed by atoms with van der Waals surface area (Å²) in [5, 5.41) is 0. The molecule has 0 bridgehead atoms. The molecule has 132 valence electrons. The first-order valence-electron chi connectivity index (χ1n) is 9.34. The van der Waals surface area contributed by atoms with Crippen molar-refractivity contribution in [2.24, 2.45) is 0 Å². The highest BCUT2D eigenvalue weighted by Crippen LogP contribution is 2.26. The molecule has 0 N–H and O–H groups in total. The van der Waals surface area contributed by atoms with Crippen LogP contribution in [0, 0.1) is 0 Å². The fraction of sp³-hybridized carbons (Fsp3) is 0.333. The summed E-state index contributed by atoms with van der Waals surface area (Å²) in [5.74, 6) is 0.0814. The second-order valence-corrected chi connectivity index (χ2v) is 7.25. The predicted octanol–water partition coefficient (Wildman–Crippen LogP) is 3.09. The molecule has 3 aromatic rings. The summed E-state index contributed by atoms with van der Waals surface area (Å²) in [6.45, 7) is 4.28. The summed E-state index contributed by atoms with van der Waals surface area (Å²) in [4.78, 5) is 22.1. The van der Waals surface area contributed by atoms with Gasteiger partial charge in [0.2, 0.25) is 0 Å². The van der Waals surface area contributed by atoms with Crippen LogP contribution < -0.4 is 0 Å². The van der Waals surface area contributed by atoms with E-state index in [2.05, 4.69) is 33.6 Å².